The molecule has 2 saturated heterocycles. The second-order valence-corrected chi connectivity index (χ2v) is 16.0. The van der Waals surface area contributed by atoms with Crippen molar-refractivity contribution in [3.8, 4) is 68.5 Å². The first-order chi connectivity index (χ1) is 32.5. The highest BCUT2D eigenvalue weighted by Crippen LogP contribution is 2.29. The van der Waals surface area contributed by atoms with Crippen LogP contribution in [0.4, 0.5) is 0 Å². The maximum Gasteiger partial charge on any atom is 0.356 e. The van der Waals surface area contributed by atoms with Gasteiger partial charge in [0.05, 0.1) is 18.0 Å². The van der Waals surface area contributed by atoms with Gasteiger partial charge in [-0.25, -0.2) is 14.8 Å². The fourth-order valence-corrected chi connectivity index (χ4v) is 7.21. The Hall–Kier alpha value is -8.08. The summed E-state index contributed by atoms with van der Waals surface area (Å²) in [5.41, 5.74) is 11.3. The molecule has 2 aliphatic rings. The predicted molar refractivity (Wildman–Crippen MR) is 256 cm³/mol. The lowest BCUT2D eigenvalue weighted by atomic mass is 10.0. The quantitative estimate of drug-likeness (QED) is 0.123. The van der Waals surface area contributed by atoms with Gasteiger partial charge >= 0.3 is 5.97 Å². The number of ether oxygens (including phenoxy) is 1. The van der Waals surface area contributed by atoms with E-state index in [1.54, 1.807) is 69.8 Å². The third-order valence-corrected chi connectivity index (χ3v) is 11.0. The summed E-state index contributed by atoms with van der Waals surface area (Å²) in [7, 11) is 4.28. The molecule has 6 heterocycles. The zero-order valence-electron chi connectivity index (χ0n) is 38.6. The first-order valence-electron chi connectivity index (χ1n) is 21.6. The van der Waals surface area contributed by atoms with Crippen molar-refractivity contribution in [2.24, 2.45) is 5.73 Å². The summed E-state index contributed by atoms with van der Waals surface area (Å²) in [5, 5.41) is 28.1. The number of aromatic nitrogens is 4. The van der Waals surface area contributed by atoms with E-state index in [4.69, 9.17) is 15.6 Å². The van der Waals surface area contributed by atoms with Gasteiger partial charge in [-0.2, -0.15) is 0 Å². The molecule has 2 atom stereocenters. The van der Waals surface area contributed by atoms with Crippen molar-refractivity contribution in [1.29, 1.82) is 0 Å². The minimum atomic E-state index is -1.67. The van der Waals surface area contributed by atoms with Crippen LogP contribution >= 0.6 is 0 Å². The SMILES string of the molecule is CCOC(=O)c1cc(-c2ccc(C)nc2)cc(-c2cccc(C#C[C@]3(O)CCN(C)C3=O)c2)n1.CO.Cc1ccc(-c2cc(C(N)=O)nc(-c3cccc(C#C[C@]4(O)CCN(C)C4=O)c3)c2)cn1. The number of carbonyl (C=O) groups is 4. The Labute approximate surface area is 394 Å². The topological polar surface area (TPSA) is 222 Å². The van der Waals surface area contributed by atoms with Crippen LogP contribution in [0.2, 0.25) is 0 Å². The Morgan fingerprint density at radius 3 is 1.47 bits per heavy atom. The number of amides is 3. The number of esters is 1. The van der Waals surface area contributed by atoms with E-state index in [0.29, 0.717) is 35.6 Å². The number of aliphatic hydroxyl groups is 3. The molecule has 0 bridgehead atoms. The standard InChI is InChI=1S/C27H25N3O4.C25H22N4O3.CH4O/c1-4-34-25(31)24-16-22(21-9-8-18(2)28-17-21)15-23(29-24)20-7-5-6-19(14-20)10-11-27(33)12-13-30(3)26(27)32;1-16-6-7-19(15-27-16)20-13-21(28-22(14-20)23(26)30)18-5-3-4-17(12-18)8-9-25(32)10-11-29(2)24(25)31;1-2/h5-9,14-17,33H,4,12-13H2,1-3H3;3-7,12-15,32H,10-11H2,1-2H3,(H2,26,30);2H,1H3/t27-;25-;/m00./s1. The number of benzene rings is 2. The van der Waals surface area contributed by atoms with Gasteiger partial charge in [-0.3, -0.25) is 24.4 Å². The molecule has 0 spiro atoms. The lowest BCUT2D eigenvalue weighted by molar-refractivity contribution is -0.138. The molecule has 0 saturated carbocycles. The van der Waals surface area contributed by atoms with Gasteiger partial charge in [0.2, 0.25) is 11.2 Å². The van der Waals surface area contributed by atoms with Gasteiger partial charge in [0.15, 0.2) is 0 Å². The minimum absolute atomic E-state index is 0.142. The highest BCUT2D eigenvalue weighted by Gasteiger charge is 2.43. The van der Waals surface area contributed by atoms with Crippen LogP contribution in [0.1, 0.15) is 63.3 Å². The van der Waals surface area contributed by atoms with Crippen molar-refractivity contribution >= 4 is 23.7 Å². The Balaban J connectivity index is 0.000000216. The van der Waals surface area contributed by atoms with Crippen LogP contribution in [0.15, 0.2) is 109 Å². The Morgan fingerprint density at radius 1 is 0.647 bits per heavy atom. The second-order valence-electron chi connectivity index (χ2n) is 16.0. The summed E-state index contributed by atoms with van der Waals surface area (Å²) >= 11 is 0. The number of rotatable bonds is 7. The number of likely N-dealkylation sites (N-methyl/N-ethyl adjacent to an activating group) is 2. The predicted octanol–water partition coefficient (Wildman–Crippen LogP) is 5.01. The van der Waals surface area contributed by atoms with Gasteiger partial charge < -0.3 is 35.6 Å². The van der Waals surface area contributed by atoms with E-state index in [1.807, 2.05) is 74.5 Å². The fraction of sp³-hybridized carbons (Fsp3) is 0.245. The number of aryl methyl sites for hydroxylation is 2. The molecule has 0 radical (unpaired) electrons. The van der Waals surface area contributed by atoms with E-state index in [2.05, 4.69) is 43.6 Å². The number of primary amides is 1. The zero-order valence-corrected chi connectivity index (χ0v) is 38.6. The molecule has 3 amide bonds. The summed E-state index contributed by atoms with van der Waals surface area (Å²) in [6.45, 7) is 6.72. The maximum atomic E-state index is 12.5. The lowest BCUT2D eigenvalue weighted by Crippen LogP contribution is -2.37. The number of likely N-dealkylation sites (tertiary alicyclic amines) is 2. The molecule has 15 heteroatoms. The van der Waals surface area contributed by atoms with Crippen LogP contribution in [-0.2, 0) is 14.3 Å². The van der Waals surface area contributed by atoms with Gasteiger partial charge in [-0.05, 0) is 92.6 Å². The Kier molecular flexibility index (Phi) is 15.6. The molecule has 2 aromatic carbocycles. The van der Waals surface area contributed by atoms with Crippen LogP contribution in [0.25, 0.3) is 44.8 Å². The third-order valence-electron chi connectivity index (χ3n) is 11.0. The highest BCUT2D eigenvalue weighted by atomic mass is 16.5. The molecule has 15 nitrogen and oxygen atoms in total. The molecule has 4 aromatic heterocycles. The zero-order chi connectivity index (χ0) is 49.2. The smallest absolute Gasteiger partial charge is 0.356 e. The van der Waals surface area contributed by atoms with E-state index in [9.17, 15) is 29.4 Å². The number of aliphatic hydroxyl groups excluding tert-OH is 1. The van der Waals surface area contributed by atoms with E-state index < -0.39 is 34.9 Å². The average Bonchev–Trinajstić information content (AvgIpc) is 3.77. The van der Waals surface area contributed by atoms with E-state index >= 15 is 0 Å². The summed E-state index contributed by atoms with van der Waals surface area (Å²) in [6.07, 6.45) is 4.02. The first kappa shape index (κ1) is 49.4. The Morgan fingerprint density at radius 2 is 1.09 bits per heavy atom. The number of carbonyl (C=O) groups excluding carboxylic acids is 4. The molecule has 2 fully saturated rings. The van der Waals surface area contributed by atoms with Crippen molar-refractivity contribution in [3.05, 3.63) is 143 Å². The molecule has 8 rings (SSSR count). The summed E-state index contributed by atoms with van der Waals surface area (Å²) < 4.78 is 5.17. The normalized spacial score (nSPS) is 17.1. The maximum absolute atomic E-state index is 12.5. The van der Waals surface area contributed by atoms with Crippen molar-refractivity contribution in [3.63, 3.8) is 0 Å². The number of nitrogens with zero attached hydrogens (tertiary/aromatic N) is 6. The average molecular weight is 914 g/mol. The number of hydrogen-bond donors (Lipinski definition) is 4. The second kappa shape index (κ2) is 21.5. The molecular formula is C53H51N7O8. The molecule has 5 N–H and O–H groups in total. The van der Waals surface area contributed by atoms with Crippen molar-refractivity contribution < 1.29 is 39.2 Å². The van der Waals surface area contributed by atoms with Gasteiger partial charge in [0.1, 0.15) is 11.4 Å². The van der Waals surface area contributed by atoms with Crippen molar-refractivity contribution in [2.45, 2.75) is 44.8 Å². The monoisotopic (exact) mass is 913 g/mol. The van der Waals surface area contributed by atoms with Crippen LogP contribution in [0, 0.1) is 37.5 Å². The summed E-state index contributed by atoms with van der Waals surface area (Å²) in [4.78, 5) is 69.3. The van der Waals surface area contributed by atoms with Crippen LogP contribution in [0.3, 0.4) is 0 Å². The fourth-order valence-electron chi connectivity index (χ4n) is 7.21. The van der Waals surface area contributed by atoms with Crippen molar-refractivity contribution in [1.82, 2.24) is 29.7 Å². The molecule has 68 heavy (non-hydrogen) atoms. The van der Waals surface area contributed by atoms with Gasteiger partial charge in [-0.15, -0.1) is 0 Å². The van der Waals surface area contributed by atoms with Gasteiger partial charge in [-0.1, -0.05) is 60.1 Å². The third kappa shape index (κ3) is 11.6. The summed E-state index contributed by atoms with van der Waals surface area (Å²) in [6, 6.07) is 29.2. The first-order valence-corrected chi connectivity index (χ1v) is 21.6. The van der Waals surface area contributed by atoms with E-state index in [-0.39, 0.29) is 30.8 Å². The largest absolute Gasteiger partial charge is 0.461 e. The van der Waals surface area contributed by atoms with Gasteiger partial charge in [0.25, 0.3) is 17.7 Å². The number of pyridine rings is 4. The number of nitrogens with two attached hydrogens (primary N) is 1. The van der Waals surface area contributed by atoms with Gasteiger partial charge in [0, 0.05) is 104 Å². The molecular weight excluding hydrogens is 863 g/mol. The van der Waals surface area contributed by atoms with E-state index in [0.717, 1.165) is 51.9 Å². The molecule has 0 unspecified atom stereocenters. The van der Waals surface area contributed by atoms with Crippen LogP contribution in [-0.4, -0.2) is 121 Å². The molecule has 6 aromatic rings. The lowest BCUT2D eigenvalue weighted by Gasteiger charge is -2.13. The highest BCUT2D eigenvalue weighted by molar-refractivity contribution is 5.94. The van der Waals surface area contributed by atoms with Crippen LogP contribution < -0.4 is 5.73 Å². The number of hydrogen-bond acceptors (Lipinski definition) is 12. The molecule has 2 aliphatic heterocycles. The van der Waals surface area contributed by atoms with Crippen LogP contribution in [0.5, 0.6) is 0 Å². The van der Waals surface area contributed by atoms with Crippen molar-refractivity contribution in [2.75, 3.05) is 40.9 Å². The minimum Gasteiger partial charge on any atom is -0.461 e. The summed E-state index contributed by atoms with van der Waals surface area (Å²) in [5.74, 6) is 9.35. The van der Waals surface area contributed by atoms with E-state index in [1.165, 1.54) is 9.80 Å². The molecule has 346 valence electrons. The Bertz CT molecular complexity index is 2990. The molecule has 0 aliphatic carbocycles.